The lowest BCUT2D eigenvalue weighted by atomic mass is 9.85. The topological polar surface area (TPSA) is 59.8 Å². The van der Waals surface area contributed by atoms with E-state index in [-0.39, 0.29) is 11.8 Å². The molecule has 0 radical (unpaired) electrons. The van der Waals surface area contributed by atoms with Crippen LogP contribution in [0.15, 0.2) is 47.9 Å². The van der Waals surface area contributed by atoms with Gasteiger partial charge in [-0.3, -0.25) is 4.79 Å². The smallest absolute Gasteiger partial charge is 0.226 e. The maximum atomic E-state index is 12.4. The highest BCUT2D eigenvalue weighted by Crippen LogP contribution is 2.39. The van der Waals surface area contributed by atoms with E-state index in [1.807, 2.05) is 30.3 Å². The summed E-state index contributed by atoms with van der Waals surface area (Å²) in [4.78, 5) is 16.6. The summed E-state index contributed by atoms with van der Waals surface area (Å²) in [7, 11) is 0. The number of hydrogen-bond donors (Lipinski definition) is 1. The van der Waals surface area contributed by atoms with Crippen molar-refractivity contribution < 1.29 is 4.79 Å². The molecule has 1 aliphatic heterocycles. The zero-order valence-electron chi connectivity index (χ0n) is 10.9. The highest BCUT2D eigenvalue weighted by Gasteiger charge is 2.35. The summed E-state index contributed by atoms with van der Waals surface area (Å²) in [6, 6.07) is 9.87. The zero-order chi connectivity index (χ0) is 13.5. The van der Waals surface area contributed by atoms with Crippen LogP contribution >= 0.6 is 0 Å². The normalized spacial score (nSPS) is 21.2. The lowest BCUT2D eigenvalue weighted by Crippen LogP contribution is -2.31. The van der Waals surface area contributed by atoms with E-state index in [1.165, 1.54) is 6.33 Å². The Balaban J connectivity index is 1.93. The van der Waals surface area contributed by atoms with E-state index in [9.17, 15) is 4.79 Å². The van der Waals surface area contributed by atoms with Crippen LogP contribution < -0.4 is 5.32 Å². The molecule has 4 rings (SSSR count). The molecule has 0 saturated heterocycles. The van der Waals surface area contributed by atoms with Gasteiger partial charge in [0.15, 0.2) is 5.78 Å². The second-order valence-corrected chi connectivity index (χ2v) is 5.14. The molecule has 0 bridgehead atoms. The van der Waals surface area contributed by atoms with Gasteiger partial charge in [-0.15, -0.1) is 0 Å². The number of Topliss-reactive ketones (excluding diaryl/α,β-unsaturated/α-hetero) is 1. The van der Waals surface area contributed by atoms with Gasteiger partial charge < -0.3 is 5.32 Å². The molecule has 1 atom stereocenters. The molecule has 0 amide bonds. The minimum Gasteiger partial charge on any atom is -0.328 e. The summed E-state index contributed by atoms with van der Waals surface area (Å²) >= 11 is 0. The third-order valence-electron chi connectivity index (χ3n) is 3.93. The maximum Gasteiger partial charge on any atom is 0.226 e. The number of aromatic nitrogens is 3. The molecular weight excluding hydrogens is 252 g/mol. The van der Waals surface area contributed by atoms with Gasteiger partial charge in [0.05, 0.1) is 0 Å². The Morgan fingerprint density at radius 1 is 1.20 bits per heavy atom. The van der Waals surface area contributed by atoms with Crippen LogP contribution in [0.25, 0.3) is 0 Å². The summed E-state index contributed by atoms with van der Waals surface area (Å²) < 4.78 is 1.80. The van der Waals surface area contributed by atoms with Crippen LogP contribution in [0.2, 0.25) is 0 Å². The Morgan fingerprint density at radius 3 is 2.90 bits per heavy atom. The Labute approximate surface area is 116 Å². The van der Waals surface area contributed by atoms with E-state index in [4.69, 9.17) is 0 Å². The molecule has 2 heterocycles. The molecule has 1 aliphatic carbocycles. The molecule has 2 aromatic rings. The van der Waals surface area contributed by atoms with Gasteiger partial charge in [0.2, 0.25) is 5.95 Å². The van der Waals surface area contributed by atoms with Gasteiger partial charge in [-0.05, 0) is 18.4 Å². The number of ketones is 1. The van der Waals surface area contributed by atoms with Crippen molar-refractivity contribution in [2.45, 2.75) is 25.3 Å². The predicted octanol–water partition coefficient (Wildman–Crippen LogP) is 2.30. The summed E-state index contributed by atoms with van der Waals surface area (Å²) in [6.07, 6.45) is 3.95. The van der Waals surface area contributed by atoms with Crippen molar-refractivity contribution in [1.29, 1.82) is 0 Å². The SMILES string of the molecule is O=C1CCCC2=C1C(c1ccccc1)n1ncnc1N2. The Kier molecular flexibility index (Phi) is 2.45. The van der Waals surface area contributed by atoms with Crippen LogP contribution in [0.4, 0.5) is 5.95 Å². The van der Waals surface area contributed by atoms with E-state index in [0.29, 0.717) is 12.4 Å². The number of allylic oxidation sites excluding steroid dienone is 2. The zero-order valence-corrected chi connectivity index (χ0v) is 10.9. The Morgan fingerprint density at radius 2 is 2.05 bits per heavy atom. The van der Waals surface area contributed by atoms with E-state index in [1.54, 1.807) is 4.68 Å². The fourth-order valence-electron chi connectivity index (χ4n) is 3.04. The standard InChI is InChI=1S/C15H14N4O/c20-12-8-4-7-11-13(12)14(10-5-2-1-3-6-10)19-15(18-11)16-9-17-19/h1-3,5-6,9,14H,4,7-8H2,(H,16,17,18). The summed E-state index contributed by atoms with van der Waals surface area (Å²) in [5.41, 5.74) is 2.93. The lowest BCUT2D eigenvalue weighted by molar-refractivity contribution is -0.116. The van der Waals surface area contributed by atoms with Gasteiger partial charge in [0.1, 0.15) is 12.4 Å². The number of carbonyl (C=O) groups excluding carboxylic acids is 1. The number of hydrogen-bond acceptors (Lipinski definition) is 4. The second kappa shape index (κ2) is 4.30. The molecule has 20 heavy (non-hydrogen) atoms. The number of anilines is 1. The molecule has 5 heteroatoms. The van der Waals surface area contributed by atoms with Gasteiger partial charge in [-0.2, -0.15) is 10.1 Å². The van der Waals surface area contributed by atoms with Crippen molar-refractivity contribution in [2.24, 2.45) is 0 Å². The highest BCUT2D eigenvalue weighted by molar-refractivity contribution is 5.99. The molecule has 5 nitrogen and oxygen atoms in total. The first-order valence-electron chi connectivity index (χ1n) is 6.82. The van der Waals surface area contributed by atoms with Crippen molar-refractivity contribution in [3.63, 3.8) is 0 Å². The molecule has 1 N–H and O–H groups in total. The number of fused-ring (bicyclic) bond motifs is 1. The first kappa shape index (κ1) is 11.4. The molecule has 1 unspecified atom stereocenters. The quantitative estimate of drug-likeness (QED) is 0.860. The van der Waals surface area contributed by atoms with E-state index in [2.05, 4.69) is 15.4 Å². The molecule has 0 fully saturated rings. The van der Waals surface area contributed by atoms with Gasteiger partial charge in [-0.1, -0.05) is 30.3 Å². The van der Waals surface area contributed by atoms with Crippen molar-refractivity contribution in [1.82, 2.24) is 14.8 Å². The number of carbonyl (C=O) groups is 1. The molecule has 2 aliphatic rings. The second-order valence-electron chi connectivity index (χ2n) is 5.14. The Bertz CT molecular complexity index is 702. The molecular formula is C15H14N4O. The summed E-state index contributed by atoms with van der Waals surface area (Å²) in [5, 5.41) is 7.55. The number of nitrogens with zero attached hydrogens (tertiary/aromatic N) is 3. The Hall–Kier alpha value is -2.43. The third-order valence-corrected chi connectivity index (χ3v) is 3.93. The van der Waals surface area contributed by atoms with Crippen molar-refractivity contribution in [3.05, 3.63) is 53.5 Å². The largest absolute Gasteiger partial charge is 0.328 e. The molecule has 1 aromatic carbocycles. The van der Waals surface area contributed by atoms with Gasteiger partial charge >= 0.3 is 0 Å². The van der Waals surface area contributed by atoms with Crippen LogP contribution in [-0.4, -0.2) is 20.5 Å². The van der Waals surface area contributed by atoms with Crippen LogP contribution in [-0.2, 0) is 4.79 Å². The predicted molar refractivity (Wildman–Crippen MR) is 74.1 cm³/mol. The van der Waals surface area contributed by atoms with Crippen molar-refractivity contribution >= 4 is 11.7 Å². The monoisotopic (exact) mass is 266 g/mol. The van der Waals surface area contributed by atoms with Crippen molar-refractivity contribution in [3.8, 4) is 0 Å². The average molecular weight is 266 g/mol. The van der Waals surface area contributed by atoms with Gasteiger partial charge in [0.25, 0.3) is 0 Å². The minimum atomic E-state index is -0.155. The summed E-state index contributed by atoms with van der Waals surface area (Å²) in [6.45, 7) is 0. The first-order valence-corrected chi connectivity index (χ1v) is 6.82. The van der Waals surface area contributed by atoms with Crippen LogP contribution in [0, 0.1) is 0 Å². The van der Waals surface area contributed by atoms with E-state index in [0.717, 1.165) is 29.7 Å². The summed E-state index contributed by atoms with van der Waals surface area (Å²) in [5.74, 6) is 0.932. The van der Waals surface area contributed by atoms with Gasteiger partial charge in [-0.25, -0.2) is 4.68 Å². The number of nitrogens with one attached hydrogen (secondary N) is 1. The van der Waals surface area contributed by atoms with Crippen LogP contribution in [0.3, 0.4) is 0 Å². The first-order chi connectivity index (χ1) is 9.84. The third kappa shape index (κ3) is 1.59. The average Bonchev–Trinajstić information content (AvgIpc) is 2.94. The fraction of sp³-hybridized carbons (Fsp3) is 0.267. The molecule has 0 saturated carbocycles. The fourth-order valence-corrected chi connectivity index (χ4v) is 3.04. The molecule has 1 aromatic heterocycles. The van der Waals surface area contributed by atoms with E-state index >= 15 is 0 Å². The minimum absolute atomic E-state index is 0.155. The maximum absolute atomic E-state index is 12.4. The highest BCUT2D eigenvalue weighted by atomic mass is 16.1. The molecule has 0 spiro atoms. The van der Waals surface area contributed by atoms with Crippen LogP contribution in [0.1, 0.15) is 30.9 Å². The van der Waals surface area contributed by atoms with Gasteiger partial charge in [0, 0.05) is 17.7 Å². The van der Waals surface area contributed by atoms with Crippen LogP contribution in [0.5, 0.6) is 0 Å². The number of rotatable bonds is 1. The lowest BCUT2D eigenvalue weighted by Gasteiger charge is -2.32. The number of benzene rings is 1. The molecule has 100 valence electrons. The van der Waals surface area contributed by atoms with Crippen molar-refractivity contribution in [2.75, 3.05) is 5.32 Å². The van der Waals surface area contributed by atoms with E-state index < -0.39 is 0 Å².